The fourth-order valence-corrected chi connectivity index (χ4v) is 3.84. The number of methoxy groups -OCH3 is 1. The topological polar surface area (TPSA) is 41.6 Å². The molecule has 1 aliphatic rings. The van der Waals surface area contributed by atoms with Gasteiger partial charge in [-0.1, -0.05) is 37.3 Å². The van der Waals surface area contributed by atoms with Crippen LogP contribution in [0.25, 0.3) is 0 Å². The molecule has 1 saturated heterocycles. The van der Waals surface area contributed by atoms with Crippen molar-refractivity contribution in [3.63, 3.8) is 0 Å². The van der Waals surface area contributed by atoms with Gasteiger partial charge < -0.3 is 15.0 Å². The molecule has 3 rings (SSSR count). The van der Waals surface area contributed by atoms with E-state index in [-0.39, 0.29) is 5.91 Å². The Kier molecular flexibility index (Phi) is 5.94. The average molecular weight is 352 g/mol. The molecule has 0 aliphatic carbocycles. The number of anilines is 1. The lowest BCUT2D eigenvalue weighted by Crippen LogP contribution is -2.41. The molecule has 1 aliphatic heterocycles. The largest absolute Gasteiger partial charge is 0.497 e. The van der Waals surface area contributed by atoms with Crippen LogP contribution in [0.2, 0.25) is 0 Å². The first-order valence-electron chi connectivity index (χ1n) is 9.41. The predicted octanol–water partition coefficient (Wildman–Crippen LogP) is 4.08. The van der Waals surface area contributed by atoms with Gasteiger partial charge in [-0.3, -0.25) is 4.79 Å². The monoisotopic (exact) mass is 352 g/mol. The number of likely N-dealkylation sites (tertiary alicyclic amines) is 1. The third-order valence-electron chi connectivity index (χ3n) is 5.49. The highest BCUT2D eigenvalue weighted by molar-refractivity contribution is 5.99. The van der Waals surface area contributed by atoms with E-state index in [1.54, 1.807) is 7.11 Å². The summed E-state index contributed by atoms with van der Waals surface area (Å²) in [7, 11) is 1.64. The highest BCUT2D eigenvalue weighted by atomic mass is 16.5. The van der Waals surface area contributed by atoms with Gasteiger partial charge in [0.2, 0.25) is 5.91 Å². The van der Waals surface area contributed by atoms with E-state index in [9.17, 15) is 4.79 Å². The fourth-order valence-electron chi connectivity index (χ4n) is 3.84. The molecule has 0 aromatic heterocycles. The minimum atomic E-state index is -0.481. The molecule has 4 nitrogen and oxygen atoms in total. The molecular formula is C22H28N2O2. The maximum atomic E-state index is 13.4. The van der Waals surface area contributed by atoms with Gasteiger partial charge in [-0.2, -0.15) is 0 Å². The van der Waals surface area contributed by atoms with Gasteiger partial charge in [-0.25, -0.2) is 0 Å². The highest BCUT2D eigenvalue weighted by Crippen LogP contribution is 2.37. The summed E-state index contributed by atoms with van der Waals surface area (Å²) in [5, 5.41) is 3.15. The van der Waals surface area contributed by atoms with Gasteiger partial charge in [0.1, 0.15) is 5.75 Å². The molecule has 1 N–H and O–H groups in total. The maximum Gasteiger partial charge on any atom is 0.235 e. The number of carbonyl (C=O) groups excluding carboxylic acids is 1. The normalized spacial score (nSPS) is 21.0. The van der Waals surface area contributed by atoms with Crippen molar-refractivity contribution in [1.29, 1.82) is 0 Å². The highest BCUT2D eigenvalue weighted by Gasteiger charge is 2.41. The van der Waals surface area contributed by atoms with Gasteiger partial charge in [0.25, 0.3) is 0 Å². The van der Waals surface area contributed by atoms with Crippen molar-refractivity contribution in [2.45, 2.75) is 31.6 Å². The Labute approximate surface area is 156 Å². The summed E-state index contributed by atoms with van der Waals surface area (Å²) in [5.74, 6) is 0.876. The number of rotatable bonds is 5. The van der Waals surface area contributed by atoms with Crippen molar-refractivity contribution < 1.29 is 9.53 Å². The molecule has 0 unspecified atom stereocenters. The molecule has 0 saturated carbocycles. The summed E-state index contributed by atoms with van der Waals surface area (Å²) in [6.07, 6.45) is 2.74. The van der Waals surface area contributed by atoms with E-state index in [0.29, 0.717) is 0 Å². The number of nitrogens with one attached hydrogen (secondary N) is 1. The van der Waals surface area contributed by atoms with Crippen LogP contribution in [0.15, 0.2) is 54.6 Å². The molecule has 0 radical (unpaired) electrons. The van der Waals surface area contributed by atoms with E-state index in [1.807, 2.05) is 42.5 Å². The standard InChI is InChI=1S/C22H28N2O2/c1-3-24-16-7-14-22(15-17-24,18-8-5-4-6-9-18)21(25)23-19-10-12-20(26-2)13-11-19/h4-6,8-13H,3,7,14-17H2,1-2H3,(H,23,25)/t22-/m0/s1. The second-order valence-corrected chi connectivity index (χ2v) is 6.92. The number of amides is 1. The third kappa shape index (κ3) is 3.91. The summed E-state index contributed by atoms with van der Waals surface area (Å²) in [6.45, 7) is 5.22. The quantitative estimate of drug-likeness (QED) is 0.882. The van der Waals surface area contributed by atoms with Crippen molar-refractivity contribution in [3.8, 4) is 5.75 Å². The summed E-state index contributed by atoms with van der Waals surface area (Å²) in [6, 6.07) is 17.8. The van der Waals surface area contributed by atoms with Gasteiger partial charge in [-0.15, -0.1) is 0 Å². The second kappa shape index (κ2) is 8.37. The fraction of sp³-hybridized carbons (Fsp3) is 0.409. The van der Waals surface area contributed by atoms with E-state index in [0.717, 1.165) is 55.9 Å². The molecule has 1 atom stereocenters. The molecule has 4 heteroatoms. The molecular weight excluding hydrogens is 324 g/mol. The minimum absolute atomic E-state index is 0.0896. The zero-order valence-electron chi connectivity index (χ0n) is 15.7. The smallest absolute Gasteiger partial charge is 0.235 e. The molecule has 26 heavy (non-hydrogen) atoms. The SMILES string of the molecule is CCN1CCC[C@@](C(=O)Nc2ccc(OC)cc2)(c2ccccc2)CC1. The second-order valence-electron chi connectivity index (χ2n) is 6.92. The summed E-state index contributed by atoms with van der Waals surface area (Å²) in [4.78, 5) is 15.9. The Hall–Kier alpha value is -2.33. The van der Waals surface area contributed by atoms with E-state index in [4.69, 9.17) is 4.74 Å². The molecule has 2 aromatic carbocycles. The van der Waals surface area contributed by atoms with Crippen LogP contribution in [0.4, 0.5) is 5.69 Å². The molecule has 0 bridgehead atoms. The lowest BCUT2D eigenvalue weighted by Gasteiger charge is -2.32. The summed E-state index contributed by atoms with van der Waals surface area (Å²) < 4.78 is 5.20. The lowest BCUT2D eigenvalue weighted by atomic mass is 9.73. The average Bonchev–Trinajstić information content (AvgIpc) is 2.93. The van der Waals surface area contributed by atoms with E-state index in [1.165, 1.54) is 0 Å². The van der Waals surface area contributed by atoms with Crippen molar-refractivity contribution in [2.24, 2.45) is 0 Å². The molecule has 1 heterocycles. The van der Waals surface area contributed by atoms with Crippen molar-refractivity contribution >= 4 is 11.6 Å². The van der Waals surface area contributed by atoms with Crippen LogP contribution < -0.4 is 10.1 Å². The Morgan fingerprint density at radius 3 is 2.46 bits per heavy atom. The number of hydrogen-bond donors (Lipinski definition) is 1. The van der Waals surface area contributed by atoms with Crippen LogP contribution in [-0.2, 0) is 10.2 Å². The van der Waals surface area contributed by atoms with Crippen LogP contribution in [0.3, 0.4) is 0 Å². The van der Waals surface area contributed by atoms with E-state index < -0.39 is 5.41 Å². The zero-order chi connectivity index (χ0) is 18.4. The first-order chi connectivity index (χ1) is 12.7. The molecule has 1 amide bonds. The van der Waals surface area contributed by atoms with Crippen LogP contribution in [0, 0.1) is 0 Å². The Bertz CT molecular complexity index is 715. The van der Waals surface area contributed by atoms with Gasteiger partial charge in [-0.05, 0) is 68.7 Å². The maximum absolute atomic E-state index is 13.4. The lowest BCUT2D eigenvalue weighted by molar-refractivity contribution is -0.122. The van der Waals surface area contributed by atoms with Crippen LogP contribution >= 0.6 is 0 Å². The molecule has 2 aromatic rings. The Balaban J connectivity index is 1.88. The Morgan fingerprint density at radius 1 is 1.08 bits per heavy atom. The summed E-state index contributed by atoms with van der Waals surface area (Å²) in [5.41, 5.74) is 1.44. The van der Waals surface area contributed by atoms with Crippen LogP contribution in [0.1, 0.15) is 31.7 Å². The molecule has 0 spiro atoms. The first-order valence-corrected chi connectivity index (χ1v) is 9.41. The first kappa shape index (κ1) is 18.5. The van der Waals surface area contributed by atoms with Gasteiger partial charge in [0.15, 0.2) is 0 Å². The van der Waals surface area contributed by atoms with Crippen LogP contribution in [0.5, 0.6) is 5.75 Å². The number of hydrogen-bond acceptors (Lipinski definition) is 3. The van der Waals surface area contributed by atoms with Gasteiger partial charge >= 0.3 is 0 Å². The molecule has 138 valence electrons. The van der Waals surface area contributed by atoms with E-state index >= 15 is 0 Å². The number of carbonyl (C=O) groups is 1. The van der Waals surface area contributed by atoms with Crippen molar-refractivity contribution in [2.75, 3.05) is 32.1 Å². The van der Waals surface area contributed by atoms with Gasteiger partial charge in [0, 0.05) is 5.69 Å². The van der Waals surface area contributed by atoms with E-state index in [2.05, 4.69) is 29.3 Å². The van der Waals surface area contributed by atoms with Crippen LogP contribution in [-0.4, -0.2) is 37.6 Å². The third-order valence-corrected chi connectivity index (χ3v) is 5.49. The number of benzene rings is 2. The minimum Gasteiger partial charge on any atom is -0.497 e. The Morgan fingerprint density at radius 2 is 1.81 bits per heavy atom. The predicted molar refractivity (Wildman–Crippen MR) is 106 cm³/mol. The summed E-state index contributed by atoms with van der Waals surface area (Å²) >= 11 is 0. The van der Waals surface area contributed by atoms with Crippen molar-refractivity contribution in [1.82, 2.24) is 4.90 Å². The number of nitrogens with zero attached hydrogens (tertiary/aromatic N) is 1. The molecule has 1 fully saturated rings. The van der Waals surface area contributed by atoms with Gasteiger partial charge in [0.05, 0.1) is 12.5 Å². The number of ether oxygens (including phenoxy) is 1. The van der Waals surface area contributed by atoms with Crippen molar-refractivity contribution in [3.05, 3.63) is 60.2 Å². The zero-order valence-corrected chi connectivity index (χ0v) is 15.7.